The van der Waals surface area contributed by atoms with Crippen LogP contribution in [0.15, 0.2) is 34.2 Å². The Balaban J connectivity index is 2.05. The maximum Gasteiger partial charge on any atom is 0.264 e. The molecule has 0 saturated carbocycles. The highest BCUT2D eigenvalue weighted by atomic mass is 32.1. The number of carbonyl (C=O) groups is 1. The molecule has 0 fully saturated rings. The van der Waals surface area contributed by atoms with E-state index < -0.39 is 5.56 Å². The number of aromatic nitrogens is 2. The molecule has 1 atom stereocenters. The van der Waals surface area contributed by atoms with Crippen LogP contribution in [0.3, 0.4) is 0 Å². The number of unbranched alkanes of at least 4 members (excludes halogenated alkanes) is 1. The molecule has 3 rings (SSSR count). The van der Waals surface area contributed by atoms with Gasteiger partial charge in [-0.25, -0.2) is 5.01 Å². The number of hydrogen-bond acceptors (Lipinski definition) is 6. The molecule has 2 aromatic rings. The van der Waals surface area contributed by atoms with Crippen LogP contribution >= 0.6 is 12.2 Å². The van der Waals surface area contributed by atoms with Gasteiger partial charge in [0.1, 0.15) is 11.3 Å². The Hall–Kier alpha value is -2.94. The number of benzene rings is 1. The van der Waals surface area contributed by atoms with Crippen molar-refractivity contribution in [2.24, 2.45) is 5.10 Å². The van der Waals surface area contributed by atoms with Crippen molar-refractivity contribution >= 4 is 23.8 Å². The van der Waals surface area contributed by atoms with Gasteiger partial charge in [-0.1, -0.05) is 32.4 Å². The molecule has 9 heteroatoms. The first-order valence-corrected chi connectivity index (χ1v) is 10.4. The van der Waals surface area contributed by atoms with E-state index in [2.05, 4.69) is 10.1 Å². The topological polar surface area (TPSA) is 99.9 Å². The van der Waals surface area contributed by atoms with E-state index in [1.165, 1.54) is 9.58 Å². The van der Waals surface area contributed by atoms with Crippen molar-refractivity contribution in [3.8, 4) is 11.6 Å². The van der Waals surface area contributed by atoms with Gasteiger partial charge >= 0.3 is 0 Å². The number of rotatable bonds is 7. The van der Waals surface area contributed by atoms with Crippen LogP contribution in [0.25, 0.3) is 0 Å². The molecule has 0 aliphatic carbocycles. The Kier molecular flexibility index (Phi) is 6.71. The molecule has 0 saturated heterocycles. The molecule has 1 amide bonds. The Morgan fingerprint density at radius 3 is 2.63 bits per heavy atom. The minimum atomic E-state index is -0.511. The van der Waals surface area contributed by atoms with Crippen molar-refractivity contribution in [2.45, 2.75) is 52.1 Å². The smallest absolute Gasteiger partial charge is 0.264 e. The largest absolute Gasteiger partial charge is 0.497 e. The standard InChI is InChI=1S/C21H26N4O4S/c1-4-6-11-24-20(28)18(19(27)22-21(24)30)15-12-16(25(23-15)17(26)5-2)13-7-9-14(29-3)10-8-13/h7-10,16,28H,4-6,11-12H2,1-3H3,(H,22,27,30)/t16-/m1/s1. The van der Waals surface area contributed by atoms with Crippen molar-refractivity contribution in [2.75, 3.05) is 7.11 Å². The molecule has 160 valence electrons. The maximum absolute atomic E-state index is 12.7. The van der Waals surface area contributed by atoms with Gasteiger partial charge in [0.25, 0.3) is 5.56 Å². The summed E-state index contributed by atoms with van der Waals surface area (Å²) in [6, 6.07) is 7.00. The molecule has 1 aliphatic heterocycles. The van der Waals surface area contributed by atoms with Gasteiger partial charge in [0, 0.05) is 19.4 Å². The Morgan fingerprint density at radius 2 is 2.03 bits per heavy atom. The minimum absolute atomic E-state index is 0.0598. The molecule has 1 aromatic carbocycles. The first-order chi connectivity index (χ1) is 14.4. The fourth-order valence-corrected chi connectivity index (χ4v) is 3.75. The molecule has 30 heavy (non-hydrogen) atoms. The van der Waals surface area contributed by atoms with Crippen molar-refractivity contribution in [1.82, 2.24) is 14.6 Å². The van der Waals surface area contributed by atoms with E-state index in [9.17, 15) is 14.7 Å². The molecule has 8 nitrogen and oxygen atoms in total. The van der Waals surface area contributed by atoms with Gasteiger partial charge in [-0.3, -0.25) is 19.1 Å². The number of ether oxygens (including phenoxy) is 1. The number of aromatic amines is 1. The molecular formula is C21H26N4O4S. The summed E-state index contributed by atoms with van der Waals surface area (Å²) in [5.74, 6) is 0.328. The molecule has 0 radical (unpaired) electrons. The molecule has 2 heterocycles. The summed E-state index contributed by atoms with van der Waals surface area (Å²) in [7, 11) is 1.59. The summed E-state index contributed by atoms with van der Waals surface area (Å²) in [4.78, 5) is 27.8. The monoisotopic (exact) mass is 430 g/mol. The van der Waals surface area contributed by atoms with Gasteiger partial charge in [-0.2, -0.15) is 5.10 Å². The number of methoxy groups -OCH3 is 1. The van der Waals surface area contributed by atoms with Gasteiger partial charge in [0.15, 0.2) is 4.77 Å². The highest BCUT2D eigenvalue weighted by Gasteiger charge is 2.35. The Morgan fingerprint density at radius 1 is 1.33 bits per heavy atom. The lowest BCUT2D eigenvalue weighted by molar-refractivity contribution is -0.132. The minimum Gasteiger partial charge on any atom is -0.497 e. The second-order valence-electron chi connectivity index (χ2n) is 7.09. The molecule has 2 N–H and O–H groups in total. The van der Waals surface area contributed by atoms with Crippen LogP contribution in [0.5, 0.6) is 11.6 Å². The van der Waals surface area contributed by atoms with E-state index in [1.54, 1.807) is 14.0 Å². The van der Waals surface area contributed by atoms with E-state index >= 15 is 0 Å². The van der Waals surface area contributed by atoms with E-state index in [-0.39, 0.29) is 34.6 Å². The van der Waals surface area contributed by atoms with Crippen LogP contribution in [0.4, 0.5) is 0 Å². The summed E-state index contributed by atoms with van der Waals surface area (Å²) < 4.78 is 6.88. The third-order valence-electron chi connectivity index (χ3n) is 5.16. The quantitative estimate of drug-likeness (QED) is 0.655. The lowest BCUT2D eigenvalue weighted by atomic mass is 9.99. The summed E-state index contributed by atoms with van der Waals surface area (Å²) in [5, 5.41) is 16.7. The van der Waals surface area contributed by atoms with Gasteiger partial charge < -0.3 is 9.84 Å². The van der Waals surface area contributed by atoms with Crippen LogP contribution in [0.2, 0.25) is 0 Å². The zero-order valence-electron chi connectivity index (χ0n) is 17.3. The van der Waals surface area contributed by atoms with Crippen molar-refractivity contribution in [1.29, 1.82) is 0 Å². The van der Waals surface area contributed by atoms with Crippen molar-refractivity contribution < 1.29 is 14.6 Å². The maximum atomic E-state index is 12.7. The van der Waals surface area contributed by atoms with Gasteiger partial charge in [-0.15, -0.1) is 0 Å². The average molecular weight is 431 g/mol. The van der Waals surface area contributed by atoms with Crippen LogP contribution in [0.1, 0.15) is 56.7 Å². The highest BCUT2D eigenvalue weighted by molar-refractivity contribution is 7.71. The second-order valence-corrected chi connectivity index (χ2v) is 7.48. The molecule has 0 spiro atoms. The second kappa shape index (κ2) is 9.25. The fourth-order valence-electron chi connectivity index (χ4n) is 3.48. The number of nitrogens with one attached hydrogen (secondary N) is 1. The molecule has 0 unspecified atom stereocenters. The predicted molar refractivity (Wildman–Crippen MR) is 116 cm³/mol. The number of aromatic hydroxyl groups is 1. The Labute approximate surface area is 179 Å². The van der Waals surface area contributed by atoms with Crippen LogP contribution < -0.4 is 10.3 Å². The van der Waals surface area contributed by atoms with E-state index in [0.29, 0.717) is 24.4 Å². The SMILES string of the molecule is CCCCn1c(O)c(C2=NN(C(=O)CC)[C@@H](c3ccc(OC)cc3)C2)c(=O)[nH]c1=S. The zero-order valence-corrected chi connectivity index (χ0v) is 18.2. The number of carbonyl (C=O) groups excluding carboxylic acids is 1. The van der Waals surface area contributed by atoms with Crippen LogP contribution in [0, 0.1) is 4.77 Å². The van der Waals surface area contributed by atoms with Crippen molar-refractivity contribution in [3.05, 3.63) is 50.5 Å². The fraction of sp³-hybridized carbons (Fsp3) is 0.429. The summed E-state index contributed by atoms with van der Waals surface area (Å²) >= 11 is 5.21. The number of nitrogens with zero attached hydrogens (tertiary/aromatic N) is 3. The number of hydrogen-bond donors (Lipinski definition) is 2. The lowest BCUT2D eigenvalue weighted by Crippen LogP contribution is -2.26. The lowest BCUT2D eigenvalue weighted by Gasteiger charge is -2.21. The molecule has 1 aromatic heterocycles. The first-order valence-electron chi connectivity index (χ1n) is 10.0. The third-order valence-corrected chi connectivity index (χ3v) is 5.49. The molecule has 1 aliphatic rings. The summed E-state index contributed by atoms with van der Waals surface area (Å²) in [6.07, 6.45) is 2.29. The van der Waals surface area contributed by atoms with E-state index in [4.69, 9.17) is 17.0 Å². The van der Waals surface area contributed by atoms with Gasteiger partial charge in [0.05, 0.1) is 18.9 Å². The predicted octanol–water partition coefficient (Wildman–Crippen LogP) is 3.51. The average Bonchev–Trinajstić information content (AvgIpc) is 3.17. The summed E-state index contributed by atoms with van der Waals surface area (Å²) in [6.45, 7) is 4.27. The zero-order chi connectivity index (χ0) is 21.8. The van der Waals surface area contributed by atoms with Crippen molar-refractivity contribution in [3.63, 3.8) is 0 Å². The van der Waals surface area contributed by atoms with E-state index in [0.717, 1.165) is 18.4 Å². The highest BCUT2D eigenvalue weighted by Crippen LogP contribution is 2.34. The molecule has 0 bridgehead atoms. The Bertz CT molecular complexity index is 1070. The van der Waals surface area contributed by atoms with Crippen LogP contribution in [-0.2, 0) is 11.3 Å². The third kappa shape index (κ3) is 4.16. The first kappa shape index (κ1) is 21.8. The number of amides is 1. The van der Waals surface area contributed by atoms with Gasteiger partial charge in [0.2, 0.25) is 11.8 Å². The summed E-state index contributed by atoms with van der Waals surface area (Å²) in [5.41, 5.74) is 0.774. The number of hydrazone groups is 1. The molecular weight excluding hydrogens is 404 g/mol. The normalized spacial score (nSPS) is 15.9. The van der Waals surface area contributed by atoms with E-state index in [1.807, 2.05) is 31.2 Å². The number of H-pyrrole nitrogens is 1. The van der Waals surface area contributed by atoms with Gasteiger partial charge in [-0.05, 0) is 36.3 Å². The van der Waals surface area contributed by atoms with Crippen LogP contribution in [-0.4, -0.2) is 38.4 Å².